The van der Waals surface area contributed by atoms with Crippen LogP contribution >= 0.6 is 0 Å². The van der Waals surface area contributed by atoms with Gasteiger partial charge < -0.3 is 15.0 Å². The maximum atomic E-state index is 14.1. The number of carbonyl (C=O) groups excluding carboxylic acids is 2. The number of fused-ring (bicyclic) bond motifs is 1. The van der Waals surface area contributed by atoms with E-state index in [1.165, 1.54) is 12.1 Å². The number of nitrogens with one attached hydrogen (secondary N) is 3. The first-order chi connectivity index (χ1) is 15.2. The molecular formula is C20H20F6N4O3. The number of amides is 2. The van der Waals surface area contributed by atoms with E-state index in [1.807, 2.05) is 0 Å². The first kappa shape index (κ1) is 24.5. The molecule has 0 bridgehead atoms. The number of nitrogens with zero attached hydrogens (tertiary/aromatic N) is 1. The average molecular weight is 478 g/mol. The third-order valence-electron chi connectivity index (χ3n) is 5.52. The summed E-state index contributed by atoms with van der Waals surface area (Å²) in [5.41, 5.74) is 0.267. The largest absolute Gasteiger partial charge is 0.419 e. The van der Waals surface area contributed by atoms with Gasteiger partial charge in [0.25, 0.3) is 17.7 Å². The minimum absolute atomic E-state index is 0.00999. The second kappa shape index (κ2) is 8.67. The van der Waals surface area contributed by atoms with Crippen molar-refractivity contribution < 1.29 is 40.7 Å². The summed E-state index contributed by atoms with van der Waals surface area (Å²) in [6.07, 6.45) is -5.05. The Labute approximate surface area is 184 Å². The summed E-state index contributed by atoms with van der Waals surface area (Å²) in [6.45, 7) is 0.225. The van der Waals surface area contributed by atoms with E-state index in [4.69, 9.17) is 10.8 Å². The lowest BCUT2D eigenvalue weighted by Gasteiger charge is -2.41. The van der Waals surface area contributed by atoms with Crippen molar-refractivity contribution in [2.75, 3.05) is 0 Å². The smallest absolute Gasteiger partial charge is 0.321 e. The third kappa shape index (κ3) is 5.28. The quantitative estimate of drug-likeness (QED) is 0.342. The number of benzene rings is 1. The van der Waals surface area contributed by atoms with Crippen LogP contribution in [0, 0.1) is 10.8 Å². The van der Waals surface area contributed by atoms with Crippen LogP contribution in [0.15, 0.2) is 18.2 Å². The van der Waals surface area contributed by atoms with Crippen LogP contribution in [0.25, 0.3) is 0 Å². The van der Waals surface area contributed by atoms with Crippen molar-refractivity contribution in [2.24, 2.45) is 0 Å². The van der Waals surface area contributed by atoms with Crippen molar-refractivity contribution in [1.82, 2.24) is 10.2 Å². The van der Waals surface area contributed by atoms with E-state index in [2.05, 4.69) is 10.1 Å². The number of halogens is 6. The Hall–Kier alpha value is -3.12. The normalized spacial score (nSPS) is 22.2. The van der Waals surface area contributed by atoms with Gasteiger partial charge in [-0.2, -0.15) is 17.6 Å². The Kier molecular flexibility index (Phi) is 6.44. The van der Waals surface area contributed by atoms with Gasteiger partial charge in [-0.05, 0) is 24.1 Å². The van der Waals surface area contributed by atoms with Crippen molar-refractivity contribution >= 4 is 23.6 Å². The van der Waals surface area contributed by atoms with Crippen molar-refractivity contribution in [3.63, 3.8) is 0 Å². The molecule has 3 rings (SSSR count). The number of alkyl halides is 6. The number of carbonyl (C=O) groups is 2. The Morgan fingerprint density at radius 3 is 2.58 bits per heavy atom. The molecule has 1 fully saturated rings. The topological polar surface area (TPSA) is 106 Å². The molecule has 1 aromatic rings. The van der Waals surface area contributed by atoms with E-state index in [9.17, 15) is 35.9 Å². The van der Waals surface area contributed by atoms with Crippen LogP contribution in [0.3, 0.4) is 0 Å². The summed E-state index contributed by atoms with van der Waals surface area (Å²) < 4.78 is 84.3. The summed E-state index contributed by atoms with van der Waals surface area (Å²) >= 11 is 0. The summed E-state index contributed by atoms with van der Waals surface area (Å²) in [7, 11) is 0. The molecule has 1 aliphatic carbocycles. The maximum Gasteiger partial charge on any atom is 0.321 e. The van der Waals surface area contributed by atoms with Crippen LogP contribution in [-0.2, 0) is 16.1 Å². The fourth-order valence-corrected chi connectivity index (χ4v) is 3.85. The van der Waals surface area contributed by atoms with Gasteiger partial charge in [-0.15, -0.1) is 0 Å². The van der Waals surface area contributed by atoms with Gasteiger partial charge in [-0.3, -0.25) is 20.4 Å². The SMILES string of the molecule is CC(F)(F)C(=O)N[C@@H]1CCC(F)(F)C[C@H]1N1Cc2ccc(C(=N)OC(=N)C(F)F)cc2C1=O. The lowest BCUT2D eigenvalue weighted by Crippen LogP contribution is -2.58. The fourth-order valence-electron chi connectivity index (χ4n) is 3.85. The first-order valence-electron chi connectivity index (χ1n) is 9.83. The van der Waals surface area contributed by atoms with Crippen LogP contribution in [0.5, 0.6) is 0 Å². The molecule has 2 aliphatic rings. The molecule has 7 nitrogen and oxygen atoms in total. The molecule has 1 aromatic carbocycles. The van der Waals surface area contributed by atoms with Gasteiger partial charge in [0.1, 0.15) is 0 Å². The van der Waals surface area contributed by atoms with Crippen LogP contribution in [0.1, 0.15) is 47.7 Å². The van der Waals surface area contributed by atoms with E-state index in [0.29, 0.717) is 12.5 Å². The number of ether oxygens (including phenoxy) is 1. The molecule has 0 unspecified atom stereocenters. The molecular weight excluding hydrogens is 458 g/mol. The maximum absolute atomic E-state index is 14.1. The van der Waals surface area contributed by atoms with E-state index in [1.54, 1.807) is 0 Å². The van der Waals surface area contributed by atoms with Crippen molar-refractivity contribution in [3.05, 3.63) is 34.9 Å². The first-order valence-corrected chi connectivity index (χ1v) is 9.83. The van der Waals surface area contributed by atoms with Gasteiger partial charge >= 0.3 is 12.3 Å². The summed E-state index contributed by atoms with van der Waals surface area (Å²) in [5.74, 6) is -11.6. The Morgan fingerprint density at radius 2 is 1.97 bits per heavy atom. The monoisotopic (exact) mass is 478 g/mol. The average Bonchev–Trinajstić information content (AvgIpc) is 3.04. The number of rotatable bonds is 5. The van der Waals surface area contributed by atoms with Crippen LogP contribution < -0.4 is 5.32 Å². The van der Waals surface area contributed by atoms with Crippen LogP contribution in [-0.4, -0.2) is 58.9 Å². The van der Waals surface area contributed by atoms with Gasteiger partial charge in [0.05, 0.1) is 6.04 Å². The molecule has 1 aliphatic heterocycles. The molecule has 1 heterocycles. The van der Waals surface area contributed by atoms with Crippen molar-refractivity contribution in [3.8, 4) is 0 Å². The van der Waals surface area contributed by atoms with Crippen molar-refractivity contribution in [2.45, 2.75) is 63.1 Å². The third-order valence-corrected chi connectivity index (χ3v) is 5.52. The Balaban J connectivity index is 1.83. The zero-order chi connectivity index (χ0) is 24.7. The van der Waals surface area contributed by atoms with Crippen LogP contribution in [0.2, 0.25) is 0 Å². The Bertz CT molecular complexity index is 995. The van der Waals surface area contributed by atoms with Crippen molar-refractivity contribution in [1.29, 1.82) is 10.8 Å². The predicted octanol–water partition coefficient (Wildman–Crippen LogP) is 3.55. The van der Waals surface area contributed by atoms with E-state index < -0.39 is 66.8 Å². The summed E-state index contributed by atoms with van der Waals surface area (Å²) in [5, 5.41) is 16.8. The molecule has 2 atom stereocenters. The van der Waals surface area contributed by atoms with Gasteiger partial charge in [0.15, 0.2) is 0 Å². The number of hydrogen-bond donors (Lipinski definition) is 3. The second-order valence-corrected chi connectivity index (χ2v) is 8.04. The molecule has 0 saturated heterocycles. The van der Waals surface area contributed by atoms with Crippen LogP contribution in [0.4, 0.5) is 26.3 Å². The molecule has 180 valence electrons. The zero-order valence-electron chi connectivity index (χ0n) is 17.2. The Morgan fingerprint density at radius 1 is 1.30 bits per heavy atom. The molecule has 0 spiro atoms. The molecule has 1 saturated carbocycles. The van der Waals surface area contributed by atoms with Gasteiger partial charge in [0, 0.05) is 43.5 Å². The van der Waals surface area contributed by atoms with E-state index in [0.717, 1.165) is 11.0 Å². The lowest BCUT2D eigenvalue weighted by molar-refractivity contribution is -0.146. The molecule has 13 heteroatoms. The highest BCUT2D eigenvalue weighted by Gasteiger charge is 2.48. The highest BCUT2D eigenvalue weighted by Crippen LogP contribution is 2.39. The van der Waals surface area contributed by atoms with E-state index >= 15 is 0 Å². The molecule has 33 heavy (non-hydrogen) atoms. The predicted molar refractivity (Wildman–Crippen MR) is 103 cm³/mol. The van der Waals surface area contributed by atoms with Gasteiger partial charge in [-0.1, -0.05) is 6.07 Å². The minimum atomic E-state index is -3.73. The standard InChI is InChI=1S/C20H20F6N4O3/c1-19(23,24)18(32)29-12-4-5-20(25,26)7-13(12)30-8-10-3-2-9(6-11(10)17(30)31)15(27)33-16(28)14(21)22/h2-3,6,12-14,27-28H,4-5,7-8H2,1H3,(H,29,32)/t12-,13-/m1/s1. The highest BCUT2D eigenvalue weighted by molar-refractivity contribution is 6.04. The molecule has 2 amide bonds. The molecule has 3 N–H and O–H groups in total. The van der Waals surface area contributed by atoms with E-state index in [-0.39, 0.29) is 24.1 Å². The second-order valence-electron chi connectivity index (χ2n) is 8.04. The summed E-state index contributed by atoms with van der Waals surface area (Å²) in [6, 6.07) is 1.40. The zero-order valence-corrected chi connectivity index (χ0v) is 17.2. The fraction of sp³-hybridized carbons (Fsp3) is 0.500. The van der Waals surface area contributed by atoms with Gasteiger partial charge in [0.2, 0.25) is 11.8 Å². The molecule has 0 aromatic heterocycles. The molecule has 0 radical (unpaired) electrons. The minimum Gasteiger partial charge on any atom is -0.419 e. The summed E-state index contributed by atoms with van der Waals surface area (Å²) in [4.78, 5) is 25.8. The van der Waals surface area contributed by atoms with Gasteiger partial charge in [-0.25, -0.2) is 8.78 Å². The number of hydrogen-bond acceptors (Lipinski definition) is 5. The highest BCUT2D eigenvalue weighted by atomic mass is 19.3. The lowest BCUT2D eigenvalue weighted by atomic mass is 9.86.